The van der Waals surface area contributed by atoms with Gasteiger partial charge in [0, 0.05) is 12.6 Å². The van der Waals surface area contributed by atoms with Crippen molar-refractivity contribution in [3.8, 4) is 0 Å². The van der Waals surface area contributed by atoms with Crippen LogP contribution in [0.1, 0.15) is 44.7 Å². The third-order valence-corrected chi connectivity index (χ3v) is 7.23. The highest BCUT2D eigenvalue weighted by atomic mass is 32.2. The molecule has 0 aliphatic rings. The van der Waals surface area contributed by atoms with Crippen molar-refractivity contribution in [1.29, 1.82) is 0 Å². The molecule has 8 nitrogen and oxygen atoms in total. The van der Waals surface area contributed by atoms with Crippen LogP contribution in [0.5, 0.6) is 0 Å². The van der Waals surface area contributed by atoms with Gasteiger partial charge in [-0.2, -0.15) is 5.10 Å². The van der Waals surface area contributed by atoms with Crippen LogP contribution in [0, 0.1) is 0 Å². The van der Waals surface area contributed by atoms with Crippen molar-refractivity contribution in [2.24, 2.45) is 5.10 Å². The van der Waals surface area contributed by atoms with Crippen LogP contribution >= 0.6 is 0 Å². The molecule has 0 bridgehead atoms. The predicted octanol–water partition coefficient (Wildman–Crippen LogP) is 4.50. The molecule has 3 aromatic rings. The Kier molecular flexibility index (Phi) is 8.60. The summed E-state index contributed by atoms with van der Waals surface area (Å²) in [5, 5.41) is 6.82. The summed E-state index contributed by atoms with van der Waals surface area (Å²) >= 11 is 0. The van der Waals surface area contributed by atoms with Gasteiger partial charge in [-0.3, -0.25) is 13.9 Å². The monoisotopic (exact) mass is 506 g/mol. The van der Waals surface area contributed by atoms with Crippen molar-refractivity contribution in [3.05, 3.63) is 90.0 Å². The predicted molar refractivity (Wildman–Crippen MR) is 143 cm³/mol. The van der Waals surface area contributed by atoms with E-state index in [4.69, 9.17) is 0 Å². The number of rotatable bonds is 9. The molecule has 0 aliphatic carbocycles. The molecule has 2 N–H and O–H groups in total. The molecule has 0 radical (unpaired) electrons. The standard InChI is InChI=1S/C27H30N4O4S/c1-19(2)22-12-16-25(17-13-22)31(36(34,35)26-8-6-5-7-9-26)18-27(33)30-29-20(3)23-10-14-24(15-11-23)28-21(4)32/h5-17,19H,18H2,1-4H3,(H,28,32)(H,30,33)/b29-20-. The number of nitrogens with one attached hydrogen (secondary N) is 2. The maximum Gasteiger partial charge on any atom is 0.264 e. The highest BCUT2D eigenvalue weighted by molar-refractivity contribution is 7.92. The van der Waals surface area contributed by atoms with Gasteiger partial charge in [-0.05, 0) is 60.4 Å². The van der Waals surface area contributed by atoms with Gasteiger partial charge >= 0.3 is 0 Å². The molecule has 0 aliphatic heterocycles. The topological polar surface area (TPSA) is 108 Å². The average Bonchev–Trinajstić information content (AvgIpc) is 2.86. The summed E-state index contributed by atoms with van der Waals surface area (Å²) in [5.41, 5.74) is 5.81. The number of hydrogen-bond acceptors (Lipinski definition) is 5. The van der Waals surface area contributed by atoms with Gasteiger partial charge in [0.05, 0.1) is 16.3 Å². The maximum absolute atomic E-state index is 13.4. The van der Waals surface area contributed by atoms with Crippen molar-refractivity contribution in [3.63, 3.8) is 0 Å². The first-order chi connectivity index (χ1) is 17.1. The van der Waals surface area contributed by atoms with E-state index in [1.807, 2.05) is 12.1 Å². The van der Waals surface area contributed by atoms with E-state index in [-0.39, 0.29) is 16.7 Å². The molecule has 0 unspecified atom stereocenters. The Morgan fingerprint density at radius 2 is 1.50 bits per heavy atom. The fraction of sp³-hybridized carbons (Fsp3) is 0.222. The molecular weight excluding hydrogens is 476 g/mol. The van der Waals surface area contributed by atoms with E-state index < -0.39 is 22.5 Å². The first-order valence-corrected chi connectivity index (χ1v) is 12.9. The average molecular weight is 507 g/mol. The van der Waals surface area contributed by atoms with Crippen molar-refractivity contribution in [2.45, 2.75) is 38.5 Å². The van der Waals surface area contributed by atoms with E-state index in [0.717, 1.165) is 15.4 Å². The molecule has 9 heteroatoms. The minimum absolute atomic E-state index is 0.0877. The summed E-state index contributed by atoms with van der Waals surface area (Å²) in [6.45, 7) is 6.80. The Balaban J connectivity index is 1.82. The van der Waals surface area contributed by atoms with Gasteiger partial charge in [-0.15, -0.1) is 0 Å². The largest absolute Gasteiger partial charge is 0.326 e. The summed E-state index contributed by atoms with van der Waals surface area (Å²) in [6.07, 6.45) is 0. The highest BCUT2D eigenvalue weighted by Gasteiger charge is 2.27. The lowest BCUT2D eigenvalue weighted by atomic mass is 10.0. The van der Waals surface area contributed by atoms with Crippen molar-refractivity contribution >= 4 is 38.9 Å². The van der Waals surface area contributed by atoms with Crippen LogP contribution < -0.4 is 15.0 Å². The number of carbonyl (C=O) groups is 2. The molecule has 188 valence electrons. The Morgan fingerprint density at radius 3 is 2.06 bits per heavy atom. The molecule has 0 saturated carbocycles. The first kappa shape index (κ1) is 26.6. The maximum atomic E-state index is 13.4. The molecule has 0 heterocycles. The number of hydrogen-bond donors (Lipinski definition) is 2. The van der Waals surface area contributed by atoms with Crippen LogP contribution in [0.2, 0.25) is 0 Å². The van der Waals surface area contributed by atoms with Gasteiger partial charge in [-0.1, -0.05) is 56.3 Å². The van der Waals surface area contributed by atoms with Crippen molar-refractivity contribution < 1.29 is 18.0 Å². The number of amides is 2. The van der Waals surface area contributed by atoms with Gasteiger partial charge < -0.3 is 5.32 Å². The van der Waals surface area contributed by atoms with Gasteiger partial charge in [-0.25, -0.2) is 13.8 Å². The van der Waals surface area contributed by atoms with E-state index in [1.54, 1.807) is 61.5 Å². The molecule has 36 heavy (non-hydrogen) atoms. The fourth-order valence-corrected chi connectivity index (χ4v) is 4.88. The summed E-state index contributed by atoms with van der Waals surface area (Å²) in [5.74, 6) is -0.475. The zero-order valence-corrected chi connectivity index (χ0v) is 21.5. The Morgan fingerprint density at radius 1 is 0.889 bits per heavy atom. The number of nitrogens with zero attached hydrogens (tertiary/aromatic N) is 2. The lowest BCUT2D eigenvalue weighted by Gasteiger charge is -2.24. The molecule has 2 amide bonds. The smallest absolute Gasteiger partial charge is 0.264 e. The second kappa shape index (κ2) is 11.6. The third-order valence-electron chi connectivity index (χ3n) is 5.44. The fourth-order valence-electron chi connectivity index (χ4n) is 3.43. The second-order valence-electron chi connectivity index (χ2n) is 8.56. The van der Waals surface area contributed by atoms with Crippen LogP contribution in [0.15, 0.2) is 88.9 Å². The number of carbonyl (C=O) groups excluding carboxylic acids is 2. The van der Waals surface area contributed by atoms with E-state index in [2.05, 4.69) is 29.7 Å². The highest BCUT2D eigenvalue weighted by Crippen LogP contribution is 2.25. The number of benzene rings is 3. The lowest BCUT2D eigenvalue weighted by molar-refractivity contribution is -0.119. The van der Waals surface area contributed by atoms with Crippen LogP contribution in [-0.4, -0.2) is 32.5 Å². The SMILES string of the molecule is CC(=O)Nc1ccc(/C(C)=N\NC(=O)CN(c2ccc(C(C)C)cc2)S(=O)(=O)c2ccccc2)cc1. The molecule has 0 aromatic heterocycles. The Hall–Kier alpha value is -3.98. The molecular formula is C27H30N4O4S. The Bertz CT molecular complexity index is 1330. The van der Waals surface area contributed by atoms with Gasteiger partial charge in [0.25, 0.3) is 15.9 Å². The van der Waals surface area contributed by atoms with Crippen LogP contribution in [0.4, 0.5) is 11.4 Å². The van der Waals surface area contributed by atoms with E-state index in [9.17, 15) is 18.0 Å². The molecule has 0 fully saturated rings. The molecule has 0 saturated heterocycles. The molecule has 3 rings (SSSR count). The van der Waals surface area contributed by atoms with E-state index >= 15 is 0 Å². The summed E-state index contributed by atoms with van der Waals surface area (Å²) in [4.78, 5) is 24.1. The molecule has 0 atom stereocenters. The summed E-state index contributed by atoms with van der Waals surface area (Å²) in [7, 11) is -4.00. The number of anilines is 2. The van der Waals surface area contributed by atoms with E-state index in [0.29, 0.717) is 17.1 Å². The summed E-state index contributed by atoms with van der Waals surface area (Å²) < 4.78 is 27.9. The van der Waals surface area contributed by atoms with Crippen molar-refractivity contribution in [2.75, 3.05) is 16.2 Å². The van der Waals surface area contributed by atoms with Gasteiger partial charge in [0.2, 0.25) is 5.91 Å². The van der Waals surface area contributed by atoms with E-state index in [1.165, 1.54) is 19.1 Å². The molecule has 0 spiro atoms. The van der Waals surface area contributed by atoms with Gasteiger partial charge in [0.1, 0.15) is 6.54 Å². The number of sulfonamides is 1. The third kappa shape index (κ3) is 6.79. The lowest BCUT2D eigenvalue weighted by Crippen LogP contribution is -2.39. The zero-order chi connectivity index (χ0) is 26.3. The number of hydrazone groups is 1. The second-order valence-corrected chi connectivity index (χ2v) is 10.4. The van der Waals surface area contributed by atoms with Crippen molar-refractivity contribution in [1.82, 2.24) is 5.43 Å². The first-order valence-electron chi connectivity index (χ1n) is 11.5. The van der Waals surface area contributed by atoms with Gasteiger partial charge in [0.15, 0.2) is 0 Å². The zero-order valence-electron chi connectivity index (χ0n) is 20.7. The minimum atomic E-state index is -4.00. The molecule has 3 aromatic carbocycles. The van der Waals surface area contributed by atoms with Crippen LogP contribution in [0.25, 0.3) is 0 Å². The van der Waals surface area contributed by atoms with Crippen LogP contribution in [0.3, 0.4) is 0 Å². The normalized spacial score (nSPS) is 11.8. The van der Waals surface area contributed by atoms with Crippen LogP contribution in [-0.2, 0) is 19.6 Å². The summed E-state index contributed by atoms with van der Waals surface area (Å²) in [6, 6.07) is 22.1. The quantitative estimate of drug-likeness (QED) is 0.329. The Labute approximate surface area is 212 Å². The minimum Gasteiger partial charge on any atom is -0.326 e.